The molecule has 0 atom stereocenters. The van der Waals surface area contributed by atoms with Crippen molar-refractivity contribution in [3.8, 4) is 5.75 Å². The average Bonchev–Trinajstić information content (AvgIpc) is 3.15. The van der Waals surface area contributed by atoms with Gasteiger partial charge in [0.15, 0.2) is 0 Å². The molecule has 4 rings (SSSR count). The van der Waals surface area contributed by atoms with Crippen LogP contribution in [0.15, 0.2) is 79.0 Å². The zero-order chi connectivity index (χ0) is 22.5. The maximum atomic E-state index is 14.0. The van der Waals surface area contributed by atoms with Crippen LogP contribution >= 0.6 is 0 Å². The number of nitrogens with one attached hydrogen (secondary N) is 1. The number of ether oxygens (including phenoxy) is 1. The number of halogens is 2. The van der Waals surface area contributed by atoms with E-state index >= 15 is 0 Å². The molecule has 0 saturated carbocycles. The van der Waals surface area contributed by atoms with Gasteiger partial charge in [0, 0.05) is 16.7 Å². The van der Waals surface area contributed by atoms with E-state index in [2.05, 4.69) is 10.4 Å². The Morgan fingerprint density at radius 3 is 2.53 bits per heavy atom. The Morgan fingerprint density at radius 2 is 1.78 bits per heavy atom. The Kier molecular flexibility index (Phi) is 6.26. The van der Waals surface area contributed by atoms with Gasteiger partial charge in [-0.3, -0.25) is 4.79 Å². The van der Waals surface area contributed by atoms with Crippen LogP contribution in [0.2, 0.25) is 0 Å². The Morgan fingerprint density at radius 1 is 1.03 bits per heavy atom. The minimum absolute atomic E-state index is 0.0111. The summed E-state index contributed by atoms with van der Waals surface area (Å²) >= 11 is 0. The molecule has 3 aromatic carbocycles. The molecular weight excluding hydrogens is 412 g/mol. The van der Waals surface area contributed by atoms with Crippen LogP contribution in [0.5, 0.6) is 5.75 Å². The molecule has 0 aliphatic rings. The zero-order valence-electron chi connectivity index (χ0n) is 17.4. The highest BCUT2D eigenvalue weighted by Crippen LogP contribution is 2.19. The van der Waals surface area contributed by atoms with Gasteiger partial charge in [0.25, 0.3) is 5.91 Å². The lowest BCUT2D eigenvalue weighted by Gasteiger charge is -2.12. The molecule has 162 valence electrons. The Hall–Kier alpha value is -4.00. The number of anilines is 1. The van der Waals surface area contributed by atoms with Gasteiger partial charge < -0.3 is 10.1 Å². The van der Waals surface area contributed by atoms with Crippen LogP contribution in [-0.4, -0.2) is 15.7 Å². The number of nitrogens with zero attached hydrogens (tertiary/aromatic N) is 2. The summed E-state index contributed by atoms with van der Waals surface area (Å²) < 4.78 is 34.7. The van der Waals surface area contributed by atoms with Crippen molar-refractivity contribution in [1.29, 1.82) is 0 Å². The van der Waals surface area contributed by atoms with Crippen molar-refractivity contribution in [3.63, 3.8) is 0 Å². The molecule has 4 aromatic rings. The fourth-order valence-corrected chi connectivity index (χ4v) is 3.20. The molecule has 5 nitrogen and oxygen atoms in total. The van der Waals surface area contributed by atoms with Crippen molar-refractivity contribution in [2.24, 2.45) is 0 Å². The minimum atomic E-state index is -0.537. The first kappa shape index (κ1) is 21.2. The minimum Gasteiger partial charge on any atom is -0.489 e. The highest BCUT2D eigenvalue weighted by molar-refractivity contribution is 6.04. The molecule has 0 bridgehead atoms. The second-order valence-corrected chi connectivity index (χ2v) is 7.32. The molecule has 0 fully saturated rings. The van der Waals surface area contributed by atoms with E-state index in [1.807, 2.05) is 42.5 Å². The number of hydrogen-bond donors (Lipinski definition) is 1. The number of aryl methyl sites for hydroxylation is 1. The van der Waals surface area contributed by atoms with Crippen LogP contribution < -0.4 is 10.1 Å². The number of rotatable bonds is 7. The maximum Gasteiger partial charge on any atom is 0.256 e. The van der Waals surface area contributed by atoms with Gasteiger partial charge in [0.1, 0.15) is 29.8 Å². The molecule has 0 radical (unpaired) electrons. The van der Waals surface area contributed by atoms with Gasteiger partial charge in [0.05, 0.1) is 12.7 Å². The van der Waals surface area contributed by atoms with Gasteiger partial charge in [-0.1, -0.05) is 30.3 Å². The van der Waals surface area contributed by atoms with E-state index in [9.17, 15) is 13.6 Å². The number of benzene rings is 3. The second kappa shape index (κ2) is 9.43. The number of hydrogen-bond acceptors (Lipinski definition) is 3. The predicted molar refractivity (Wildman–Crippen MR) is 118 cm³/mol. The molecule has 0 spiro atoms. The molecular formula is C25H21F2N3O2. The third-order valence-electron chi connectivity index (χ3n) is 4.95. The maximum absolute atomic E-state index is 14.0. The van der Waals surface area contributed by atoms with Gasteiger partial charge in [-0.25, -0.2) is 13.5 Å². The van der Waals surface area contributed by atoms with Crippen LogP contribution in [0.4, 0.5) is 14.6 Å². The summed E-state index contributed by atoms with van der Waals surface area (Å²) in [4.78, 5) is 12.8. The summed E-state index contributed by atoms with van der Waals surface area (Å²) in [6, 6.07) is 19.8. The van der Waals surface area contributed by atoms with Crippen LogP contribution in [0.25, 0.3) is 0 Å². The lowest BCUT2D eigenvalue weighted by Crippen LogP contribution is -2.17. The first-order valence-corrected chi connectivity index (χ1v) is 10.0. The fourth-order valence-electron chi connectivity index (χ4n) is 3.20. The summed E-state index contributed by atoms with van der Waals surface area (Å²) in [5, 5.41) is 7.01. The van der Waals surface area contributed by atoms with E-state index in [0.717, 1.165) is 29.5 Å². The average molecular weight is 433 g/mol. The third kappa shape index (κ3) is 5.00. The summed E-state index contributed by atoms with van der Waals surface area (Å²) in [7, 11) is 0. The molecule has 1 amide bonds. The first-order chi connectivity index (χ1) is 15.5. The molecule has 1 N–H and O–H groups in total. The molecule has 1 aromatic heterocycles. The molecule has 0 saturated heterocycles. The molecule has 0 unspecified atom stereocenters. The molecule has 0 aliphatic carbocycles. The van der Waals surface area contributed by atoms with E-state index in [0.29, 0.717) is 23.6 Å². The molecule has 32 heavy (non-hydrogen) atoms. The van der Waals surface area contributed by atoms with E-state index in [1.54, 1.807) is 25.3 Å². The Bertz CT molecular complexity index is 1220. The van der Waals surface area contributed by atoms with Gasteiger partial charge in [-0.2, -0.15) is 5.10 Å². The summed E-state index contributed by atoms with van der Waals surface area (Å²) in [5.74, 6) is -0.203. The number of para-hydroxylation sites is 1. The van der Waals surface area contributed by atoms with E-state index in [1.165, 1.54) is 4.68 Å². The smallest absolute Gasteiger partial charge is 0.256 e. The molecule has 1 heterocycles. The van der Waals surface area contributed by atoms with E-state index in [4.69, 9.17) is 4.74 Å². The lowest BCUT2D eigenvalue weighted by atomic mass is 10.1. The van der Waals surface area contributed by atoms with Crippen molar-refractivity contribution in [1.82, 2.24) is 9.78 Å². The normalized spacial score (nSPS) is 10.7. The SMILES string of the molecule is Cc1cnn(Cc2cc(F)ccc2F)c1NC(=O)c1ccc(COc2ccccc2)cc1. The third-order valence-corrected chi connectivity index (χ3v) is 4.95. The number of carbonyl (C=O) groups is 1. The molecule has 7 heteroatoms. The summed E-state index contributed by atoms with van der Waals surface area (Å²) in [6.45, 7) is 2.16. The van der Waals surface area contributed by atoms with Crippen LogP contribution in [0, 0.1) is 18.6 Å². The van der Waals surface area contributed by atoms with Gasteiger partial charge in [-0.15, -0.1) is 0 Å². The largest absolute Gasteiger partial charge is 0.489 e. The van der Waals surface area contributed by atoms with Crippen molar-refractivity contribution >= 4 is 11.7 Å². The van der Waals surface area contributed by atoms with Crippen LogP contribution in [0.1, 0.15) is 27.0 Å². The van der Waals surface area contributed by atoms with Gasteiger partial charge in [-0.05, 0) is 55.0 Å². The van der Waals surface area contributed by atoms with Crippen molar-refractivity contribution < 1.29 is 18.3 Å². The van der Waals surface area contributed by atoms with Gasteiger partial charge >= 0.3 is 0 Å². The zero-order valence-corrected chi connectivity index (χ0v) is 17.4. The van der Waals surface area contributed by atoms with E-state index < -0.39 is 11.6 Å². The summed E-state index contributed by atoms with van der Waals surface area (Å²) in [6.07, 6.45) is 1.57. The van der Waals surface area contributed by atoms with Crippen LogP contribution in [-0.2, 0) is 13.2 Å². The quantitative estimate of drug-likeness (QED) is 0.428. The van der Waals surface area contributed by atoms with Crippen molar-refractivity contribution in [2.75, 3.05) is 5.32 Å². The first-order valence-electron chi connectivity index (χ1n) is 10.0. The van der Waals surface area contributed by atoms with Crippen molar-refractivity contribution in [3.05, 3.63) is 113 Å². The number of carbonyl (C=O) groups excluding carboxylic acids is 1. The predicted octanol–water partition coefficient (Wildman–Crippen LogP) is 5.35. The fraction of sp³-hybridized carbons (Fsp3) is 0.120. The summed E-state index contributed by atoms with van der Waals surface area (Å²) in [5.41, 5.74) is 2.24. The monoisotopic (exact) mass is 433 g/mol. The van der Waals surface area contributed by atoms with Crippen LogP contribution in [0.3, 0.4) is 0 Å². The topological polar surface area (TPSA) is 56.2 Å². The Labute approximate surface area is 184 Å². The highest BCUT2D eigenvalue weighted by atomic mass is 19.1. The Balaban J connectivity index is 1.44. The standard InChI is InChI=1S/C25H21F2N3O2/c1-17-14-28-30(15-20-13-21(26)11-12-23(20)27)24(17)29-25(31)19-9-7-18(8-10-19)16-32-22-5-3-2-4-6-22/h2-14H,15-16H2,1H3,(H,29,31). The van der Waals surface area contributed by atoms with Gasteiger partial charge in [0.2, 0.25) is 0 Å². The van der Waals surface area contributed by atoms with Crippen molar-refractivity contribution in [2.45, 2.75) is 20.1 Å². The number of aromatic nitrogens is 2. The highest BCUT2D eigenvalue weighted by Gasteiger charge is 2.15. The molecule has 0 aliphatic heterocycles. The van der Waals surface area contributed by atoms with E-state index in [-0.39, 0.29) is 18.0 Å². The number of amides is 1. The lowest BCUT2D eigenvalue weighted by molar-refractivity contribution is 0.102. The second-order valence-electron chi connectivity index (χ2n) is 7.32.